The molecule has 0 heterocycles. The van der Waals surface area contributed by atoms with Gasteiger partial charge < -0.3 is 20.1 Å². The maximum atomic E-state index is 12.5. The van der Waals surface area contributed by atoms with Crippen molar-refractivity contribution in [1.29, 1.82) is 0 Å². The molecule has 0 bridgehead atoms. The standard InChI is InChI=1S/C21H26N2O4/c1-15-6-5-7-16(14-15)23-20(25)21(2,3)19(24)22-12-13-27-18-10-8-17(26-4)9-11-18/h5-11,14H,12-13H2,1-4H3,(H,22,24)(H,23,25). The van der Waals surface area contributed by atoms with Crippen molar-refractivity contribution in [3.63, 3.8) is 0 Å². The summed E-state index contributed by atoms with van der Waals surface area (Å²) in [6.45, 7) is 5.73. The van der Waals surface area contributed by atoms with E-state index in [-0.39, 0.29) is 11.8 Å². The lowest BCUT2D eigenvalue weighted by molar-refractivity contribution is -0.138. The monoisotopic (exact) mass is 370 g/mol. The fourth-order valence-electron chi connectivity index (χ4n) is 2.34. The van der Waals surface area contributed by atoms with Gasteiger partial charge in [0.25, 0.3) is 0 Å². The van der Waals surface area contributed by atoms with Crippen LogP contribution in [0.25, 0.3) is 0 Å². The molecule has 0 aliphatic rings. The summed E-state index contributed by atoms with van der Waals surface area (Å²) < 4.78 is 10.7. The highest BCUT2D eigenvalue weighted by Crippen LogP contribution is 2.20. The molecule has 0 atom stereocenters. The van der Waals surface area contributed by atoms with E-state index in [1.54, 1.807) is 51.3 Å². The zero-order chi connectivity index (χ0) is 19.9. The zero-order valence-corrected chi connectivity index (χ0v) is 16.2. The minimum absolute atomic E-state index is 0.298. The van der Waals surface area contributed by atoms with Crippen LogP contribution in [0, 0.1) is 12.3 Å². The molecule has 0 aliphatic heterocycles. The van der Waals surface area contributed by atoms with Crippen LogP contribution < -0.4 is 20.1 Å². The zero-order valence-electron chi connectivity index (χ0n) is 16.2. The summed E-state index contributed by atoms with van der Waals surface area (Å²) in [5.41, 5.74) is 0.499. The molecule has 6 nitrogen and oxygen atoms in total. The van der Waals surface area contributed by atoms with E-state index in [0.29, 0.717) is 24.6 Å². The minimum atomic E-state index is -1.20. The topological polar surface area (TPSA) is 76.7 Å². The molecule has 2 amide bonds. The van der Waals surface area contributed by atoms with Crippen LogP contribution in [-0.2, 0) is 9.59 Å². The number of carbonyl (C=O) groups excluding carboxylic acids is 2. The molecule has 144 valence electrons. The first-order valence-electron chi connectivity index (χ1n) is 8.76. The number of hydrogen-bond donors (Lipinski definition) is 2. The Morgan fingerprint density at radius 2 is 1.67 bits per heavy atom. The Bertz CT molecular complexity index is 785. The maximum Gasteiger partial charge on any atom is 0.239 e. The van der Waals surface area contributed by atoms with Crippen LogP contribution in [0.2, 0.25) is 0 Å². The van der Waals surface area contributed by atoms with Gasteiger partial charge in [0.2, 0.25) is 11.8 Å². The predicted molar refractivity (Wildman–Crippen MR) is 105 cm³/mol. The highest BCUT2D eigenvalue weighted by Gasteiger charge is 2.35. The molecule has 2 aromatic carbocycles. The van der Waals surface area contributed by atoms with Crippen LogP contribution >= 0.6 is 0 Å². The van der Waals surface area contributed by atoms with Gasteiger partial charge in [-0.3, -0.25) is 9.59 Å². The van der Waals surface area contributed by atoms with Crippen molar-refractivity contribution in [3.05, 3.63) is 54.1 Å². The van der Waals surface area contributed by atoms with Crippen molar-refractivity contribution in [2.45, 2.75) is 20.8 Å². The van der Waals surface area contributed by atoms with E-state index in [9.17, 15) is 9.59 Å². The van der Waals surface area contributed by atoms with Crippen molar-refractivity contribution in [3.8, 4) is 11.5 Å². The molecule has 0 unspecified atom stereocenters. The third-order valence-electron chi connectivity index (χ3n) is 4.13. The van der Waals surface area contributed by atoms with Crippen molar-refractivity contribution < 1.29 is 19.1 Å². The Balaban J connectivity index is 1.81. The highest BCUT2D eigenvalue weighted by atomic mass is 16.5. The van der Waals surface area contributed by atoms with Crippen LogP contribution in [0.15, 0.2) is 48.5 Å². The number of amides is 2. The molecule has 0 fully saturated rings. The lowest BCUT2D eigenvalue weighted by atomic mass is 9.91. The molecule has 0 aromatic heterocycles. The lowest BCUT2D eigenvalue weighted by Crippen LogP contribution is -2.46. The molecule has 6 heteroatoms. The average molecular weight is 370 g/mol. The molecule has 0 aliphatic carbocycles. The second-order valence-corrected chi connectivity index (χ2v) is 6.73. The Hall–Kier alpha value is -3.02. The number of rotatable bonds is 8. The molecule has 0 saturated carbocycles. The second-order valence-electron chi connectivity index (χ2n) is 6.73. The summed E-state index contributed by atoms with van der Waals surface area (Å²) in [6.07, 6.45) is 0. The van der Waals surface area contributed by atoms with Gasteiger partial charge in [-0.25, -0.2) is 0 Å². The van der Waals surface area contributed by atoms with Gasteiger partial charge in [-0.05, 0) is 62.7 Å². The normalized spacial score (nSPS) is 10.8. The van der Waals surface area contributed by atoms with Crippen LogP contribution in [0.1, 0.15) is 19.4 Å². The molecule has 2 rings (SSSR count). The van der Waals surface area contributed by atoms with Gasteiger partial charge in [-0.2, -0.15) is 0 Å². The van der Waals surface area contributed by atoms with Crippen molar-refractivity contribution >= 4 is 17.5 Å². The van der Waals surface area contributed by atoms with Crippen LogP contribution in [-0.4, -0.2) is 32.1 Å². The Morgan fingerprint density at radius 1 is 1.00 bits per heavy atom. The number of ether oxygens (including phenoxy) is 2. The van der Waals surface area contributed by atoms with Gasteiger partial charge in [-0.15, -0.1) is 0 Å². The quantitative estimate of drug-likeness (QED) is 0.553. The summed E-state index contributed by atoms with van der Waals surface area (Å²) in [7, 11) is 1.60. The maximum absolute atomic E-state index is 12.5. The number of carbonyl (C=O) groups is 2. The number of methoxy groups -OCH3 is 1. The van der Waals surface area contributed by atoms with Gasteiger partial charge in [0.1, 0.15) is 23.5 Å². The molecule has 2 aromatic rings. The molecular formula is C21H26N2O4. The molecular weight excluding hydrogens is 344 g/mol. The summed E-state index contributed by atoms with van der Waals surface area (Å²) in [4.78, 5) is 24.9. The van der Waals surface area contributed by atoms with E-state index in [0.717, 1.165) is 11.3 Å². The highest BCUT2D eigenvalue weighted by molar-refractivity contribution is 6.09. The van der Waals surface area contributed by atoms with E-state index in [1.165, 1.54) is 0 Å². The number of aryl methyl sites for hydroxylation is 1. The van der Waals surface area contributed by atoms with Crippen molar-refractivity contribution in [1.82, 2.24) is 5.32 Å². The first kappa shape index (κ1) is 20.3. The first-order chi connectivity index (χ1) is 12.8. The van der Waals surface area contributed by atoms with Crippen LogP contribution in [0.5, 0.6) is 11.5 Å². The SMILES string of the molecule is COc1ccc(OCCNC(=O)C(C)(C)C(=O)Nc2cccc(C)c2)cc1. The summed E-state index contributed by atoms with van der Waals surface area (Å²) in [5.74, 6) is 0.714. The van der Waals surface area contributed by atoms with E-state index in [2.05, 4.69) is 10.6 Å². The molecule has 2 N–H and O–H groups in total. The van der Waals surface area contributed by atoms with Crippen LogP contribution in [0.4, 0.5) is 5.69 Å². The van der Waals surface area contributed by atoms with Gasteiger partial charge in [0.15, 0.2) is 0 Å². The number of anilines is 1. The number of nitrogens with one attached hydrogen (secondary N) is 2. The lowest BCUT2D eigenvalue weighted by Gasteiger charge is -2.23. The van der Waals surface area contributed by atoms with Gasteiger partial charge in [0, 0.05) is 5.69 Å². The van der Waals surface area contributed by atoms with Gasteiger partial charge >= 0.3 is 0 Å². The second kappa shape index (κ2) is 9.07. The van der Waals surface area contributed by atoms with Crippen molar-refractivity contribution in [2.75, 3.05) is 25.6 Å². The Morgan fingerprint density at radius 3 is 2.30 bits per heavy atom. The first-order valence-corrected chi connectivity index (χ1v) is 8.76. The van der Waals surface area contributed by atoms with E-state index >= 15 is 0 Å². The molecule has 0 radical (unpaired) electrons. The number of benzene rings is 2. The Kier molecular flexibility index (Phi) is 6.82. The average Bonchev–Trinajstić information content (AvgIpc) is 2.65. The predicted octanol–water partition coefficient (Wildman–Crippen LogP) is 3.16. The minimum Gasteiger partial charge on any atom is -0.497 e. The van der Waals surface area contributed by atoms with Crippen LogP contribution in [0.3, 0.4) is 0 Å². The third-order valence-corrected chi connectivity index (χ3v) is 4.13. The third kappa shape index (κ3) is 5.74. The number of hydrogen-bond acceptors (Lipinski definition) is 4. The molecule has 27 heavy (non-hydrogen) atoms. The van der Waals surface area contributed by atoms with E-state index < -0.39 is 5.41 Å². The summed E-state index contributed by atoms with van der Waals surface area (Å²) in [6, 6.07) is 14.6. The summed E-state index contributed by atoms with van der Waals surface area (Å²) in [5, 5.41) is 5.53. The smallest absolute Gasteiger partial charge is 0.239 e. The molecule has 0 spiro atoms. The van der Waals surface area contributed by atoms with Gasteiger partial charge in [0.05, 0.1) is 13.7 Å². The van der Waals surface area contributed by atoms with Gasteiger partial charge in [-0.1, -0.05) is 12.1 Å². The summed E-state index contributed by atoms with van der Waals surface area (Å²) >= 11 is 0. The molecule has 0 saturated heterocycles. The van der Waals surface area contributed by atoms with E-state index in [4.69, 9.17) is 9.47 Å². The largest absolute Gasteiger partial charge is 0.497 e. The van der Waals surface area contributed by atoms with E-state index in [1.807, 2.05) is 25.1 Å². The fourth-order valence-corrected chi connectivity index (χ4v) is 2.34. The fraction of sp³-hybridized carbons (Fsp3) is 0.333. The Labute approximate surface area is 159 Å². The van der Waals surface area contributed by atoms with Crippen molar-refractivity contribution in [2.24, 2.45) is 5.41 Å².